The minimum Gasteiger partial charge on any atom is -0.481 e. The van der Waals surface area contributed by atoms with Gasteiger partial charge in [0.1, 0.15) is 0 Å². The van der Waals surface area contributed by atoms with Gasteiger partial charge in [0.15, 0.2) is 5.95 Å². The molecule has 2 aromatic heterocycles. The number of pyridine rings is 1. The summed E-state index contributed by atoms with van der Waals surface area (Å²) in [4.78, 5) is 11.1. The highest BCUT2D eigenvalue weighted by Gasteiger charge is 2.27. The summed E-state index contributed by atoms with van der Waals surface area (Å²) in [6, 6.07) is 5.17. The SMILES string of the molecule is CN[C@@H]1CCc2c(CC(=O)O)c3cccc(F)n3c2C1. The topological polar surface area (TPSA) is 53.7 Å². The molecule has 0 amide bonds. The van der Waals surface area contributed by atoms with Crippen molar-refractivity contribution in [2.75, 3.05) is 7.05 Å². The molecule has 0 unspecified atom stereocenters. The fraction of sp³-hybridized carbons (Fsp3) is 0.400. The average molecular weight is 276 g/mol. The summed E-state index contributed by atoms with van der Waals surface area (Å²) < 4.78 is 15.7. The highest BCUT2D eigenvalue weighted by Crippen LogP contribution is 2.31. The number of nitrogens with zero attached hydrogens (tertiary/aromatic N) is 1. The first kappa shape index (κ1) is 13.1. The lowest BCUT2D eigenvalue weighted by molar-refractivity contribution is -0.136. The number of halogens is 1. The van der Waals surface area contributed by atoms with E-state index >= 15 is 0 Å². The van der Waals surface area contributed by atoms with Crippen LogP contribution in [0.2, 0.25) is 0 Å². The van der Waals surface area contributed by atoms with Crippen LogP contribution in [0.1, 0.15) is 23.2 Å². The van der Waals surface area contributed by atoms with Crippen molar-refractivity contribution >= 4 is 11.5 Å². The smallest absolute Gasteiger partial charge is 0.307 e. The summed E-state index contributed by atoms with van der Waals surface area (Å²) in [7, 11) is 1.90. The van der Waals surface area contributed by atoms with Crippen LogP contribution in [0.4, 0.5) is 4.39 Å². The second-order valence-corrected chi connectivity index (χ2v) is 5.27. The van der Waals surface area contributed by atoms with Gasteiger partial charge >= 0.3 is 5.97 Å². The molecule has 2 heterocycles. The lowest BCUT2D eigenvalue weighted by Crippen LogP contribution is -2.32. The van der Waals surface area contributed by atoms with E-state index in [1.807, 2.05) is 7.05 Å². The summed E-state index contributed by atoms with van der Waals surface area (Å²) in [5.74, 6) is -1.20. The molecule has 0 aromatic carbocycles. The molecule has 0 saturated carbocycles. The Balaban J connectivity index is 2.24. The van der Waals surface area contributed by atoms with Crippen molar-refractivity contribution in [3.05, 3.63) is 41.0 Å². The summed E-state index contributed by atoms with van der Waals surface area (Å²) in [6.07, 6.45) is 2.43. The Morgan fingerprint density at radius 1 is 1.55 bits per heavy atom. The van der Waals surface area contributed by atoms with E-state index in [0.717, 1.165) is 36.1 Å². The molecule has 4 nitrogen and oxygen atoms in total. The van der Waals surface area contributed by atoms with Crippen molar-refractivity contribution in [3.63, 3.8) is 0 Å². The number of nitrogens with one attached hydrogen (secondary N) is 1. The lowest BCUT2D eigenvalue weighted by atomic mass is 9.90. The molecule has 1 aliphatic rings. The number of rotatable bonds is 3. The second kappa shape index (κ2) is 4.90. The summed E-state index contributed by atoms with van der Waals surface area (Å²) in [5.41, 5.74) is 3.39. The molecule has 0 fully saturated rings. The Labute approximate surface area is 116 Å². The van der Waals surface area contributed by atoms with Gasteiger partial charge in [-0.25, -0.2) is 0 Å². The first-order valence-corrected chi connectivity index (χ1v) is 6.80. The number of carboxylic acids is 1. The number of likely N-dealkylation sites (N-methyl/N-ethyl adjacent to an activating group) is 1. The first-order valence-electron chi connectivity index (χ1n) is 6.80. The molecule has 1 atom stereocenters. The van der Waals surface area contributed by atoms with E-state index < -0.39 is 5.97 Å². The third-order valence-electron chi connectivity index (χ3n) is 4.15. The molecule has 20 heavy (non-hydrogen) atoms. The predicted octanol–water partition coefficient (Wildman–Crippen LogP) is 1.78. The third-order valence-corrected chi connectivity index (χ3v) is 4.15. The van der Waals surface area contributed by atoms with Crippen LogP contribution in [0.5, 0.6) is 0 Å². The van der Waals surface area contributed by atoms with Gasteiger partial charge in [0.05, 0.1) is 11.9 Å². The van der Waals surface area contributed by atoms with Crippen LogP contribution < -0.4 is 5.32 Å². The summed E-state index contributed by atoms with van der Waals surface area (Å²) >= 11 is 0. The number of carboxylic acid groups (broad SMARTS) is 1. The maximum absolute atomic E-state index is 14.2. The number of aromatic nitrogens is 1. The molecule has 0 bridgehead atoms. The van der Waals surface area contributed by atoms with E-state index in [1.54, 1.807) is 16.5 Å². The van der Waals surface area contributed by atoms with E-state index in [-0.39, 0.29) is 12.4 Å². The Hall–Kier alpha value is -1.88. The molecular weight excluding hydrogens is 259 g/mol. The van der Waals surface area contributed by atoms with E-state index in [4.69, 9.17) is 5.11 Å². The van der Waals surface area contributed by atoms with Crippen molar-refractivity contribution in [3.8, 4) is 0 Å². The molecule has 106 valence electrons. The largest absolute Gasteiger partial charge is 0.481 e. The molecule has 5 heteroatoms. The van der Waals surface area contributed by atoms with Crippen molar-refractivity contribution in [1.82, 2.24) is 9.72 Å². The molecule has 0 aliphatic heterocycles. The average Bonchev–Trinajstić information content (AvgIpc) is 2.73. The zero-order chi connectivity index (χ0) is 14.3. The van der Waals surface area contributed by atoms with Crippen LogP contribution in [0.3, 0.4) is 0 Å². The summed E-state index contributed by atoms with van der Waals surface area (Å²) in [6.45, 7) is 0. The van der Waals surface area contributed by atoms with Crippen molar-refractivity contribution in [2.45, 2.75) is 31.7 Å². The van der Waals surface area contributed by atoms with E-state index in [0.29, 0.717) is 11.6 Å². The molecule has 2 aromatic rings. The number of carbonyl (C=O) groups is 1. The first-order chi connectivity index (χ1) is 9.61. The fourth-order valence-corrected chi connectivity index (χ4v) is 3.21. The van der Waals surface area contributed by atoms with Gasteiger partial charge in [0.25, 0.3) is 0 Å². The predicted molar refractivity (Wildman–Crippen MR) is 73.6 cm³/mol. The lowest BCUT2D eigenvalue weighted by Gasteiger charge is -2.23. The minimum absolute atomic E-state index is 0.0491. The van der Waals surface area contributed by atoms with Gasteiger partial charge in [-0.1, -0.05) is 6.07 Å². The standard InChI is InChI=1S/C15H17FN2O2/c1-17-9-5-6-10-11(8-15(19)20)12-3-2-4-14(16)18(12)13(10)7-9/h2-4,9,17H,5-8H2,1H3,(H,19,20)/t9-/m1/s1. The highest BCUT2D eigenvalue weighted by atomic mass is 19.1. The normalized spacial score (nSPS) is 18.2. The van der Waals surface area contributed by atoms with Crippen LogP contribution in [0, 0.1) is 5.95 Å². The molecular formula is C15H17FN2O2. The van der Waals surface area contributed by atoms with Crippen LogP contribution in [0.15, 0.2) is 18.2 Å². The quantitative estimate of drug-likeness (QED) is 0.840. The van der Waals surface area contributed by atoms with Gasteiger partial charge in [-0.05, 0) is 43.1 Å². The van der Waals surface area contributed by atoms with E-state index in [1.165, 1.54) is 6.07 Å². The minimum atomic E-state index is -0.875. The maximum atomic E-state index is 14.2. The van der Waals surface area contributed by atoms with Gasteiger partial charge < -0.3 is 10.4 Å². The number of aliphatic carboxylic acids is 1. The monoisotopic (exact) mass is 276 g/mol. The van der Waals surface area contributed by atoms with Crippen LogP contribution in [0.25, 0.3) is 5.52 Å². The molecule has 0 saturated heterocycles. The zero-order valence-corrected chi connectivity index (χ0v) is 11.3. The molecule has 0 radical (unpaired) electrons. The number of fused-ring (bicyclic) bond motifs is 3. The van der Waals surface area contributed by atoms with E-state index in [2.05, 4.69) is 5.32 Å². The zero-order valence-electron chi connectivity index (χ0n) is 11.3. The Morgan fingerprint density at radius 2 is 2.35 bits per heavy atom. The summed E-state index contributed by atoms with van der Waals surface area (Å²) in [5, 5.41) is 12.3. The van der Waals surface area contributed by atoms with Crippen molar-refractivity contribution in [1.29, 1.82) is 0 Å². The molecule has 2 N–H and O–H groups in total. The Kier molecular flexibility index (Phi) is 3.22. The van der Waals surface area contributed by atoms with Crippen LogP contribution in [-0.4, -0.2) is 28.6 Å². The Morgan fingerprint density at radius 3 is 3.05 bits per heavy atom. The molecule has 3 rings (SSSR count). The van der Waals surface area contributed by atoms with Gasteiger partial charge in [0.2, 0.25) is 0 Å². The third kappa shape index (κ3) is 1.98. The molecule has 1 aliphatic carbocycles. The van der Waals surface area contributed by atoms with Gasteiger partial charge in [-0.3, -0.25) is 9.20 Å². The van der Waals surface area contributed by atoms with Gasteiger partial charge in [-0.2, -0.15) is 4.39 Å². The Bertz CT molecular complexity index is 678. The molecule has 0 spiro atoms. The van der Waals surface area contributed by atoms with Gasteiger partial charge in [-0.15, -0.1) is 0 Å². The maximum Gasteiger partial charge on any atom is 0.307 e. The number of hydrogen-bond donors (Lipinski definition) is 2. The second-order valence-electron chi connectivity index (χ2n) is 5.27. The van der Waals surface area contributed by atoms with Crippen molar-refractivity contribution < 1.29 is 14.3 Å². The van der Waals surface area contributed by atoms with Crippen molar-refractivity contribution in [2.24, 2.45) is 0 Å². The fourth-order valence-electron chi connectivity index (χ4n) is 3.21. The highest BCUT2D eigenvalue weighted by molar-refractivity contribution is 5.77. The number of hydrogen-bond acceptors (Lipinski definition) is 2. The van der Waals surface area contributed by atoms with E-state index in [9.17, 15) is 9.18 Å². The van der Waals surface area contributed by atoms with Gasteiger partial charge in [0, 0.05) is 18.2 Å². The van der Waals surface area contributed by atoms with Crippen LogP contribution >= 0.6 is 0 Å². The van der Waals surface area contributed by atoms with Crippen LogP contribution in [-0.2, 0) is 24.1 Å².